The largest absolute Gasteiger partial charge is 0.490 e. The van der Waals surface area contributed by atoms with Crippen molar-refractivity contribution in [3.63, 3.8) is 0 Å². The number of carboxylic acid groups (broad SMARTS) is 1. The lowest BCUT2D eigenvalue weighted by atomic mass is 9.88. The first kappa shape index (κ1) is 29.0. The number of ether oxygens (including phenoxy) is 1. The molecule has 0 aliphatic carbocycles. The number of rotatable bonds is 11. The minimum Gasteiger partial charge on any atom is -0.490 e. The number of benzene rings is 1. The predicted molar refractivity (Wildman–Crippen MR) is 136 cm³/mol. The Morgan fingerprint density at radius 2 is 1.78 bits per heavy atom. The van der Waals surface area contributed by atoms with Gasteiger partial charge in [0.1, 0.15) is 0 Å². The lowest BCUT2D eigenvalue weighted by Gasteiger charge is -2.46. The fourth-order valence-corrected chi connectivity index (χ4v) is 5.19. The summed E-state index contributed by atoms with van der Waals surface area (Å²) in [5.41, 5.74) is -0.361. The van der Waals surface area contributed by atoms with Crippen LogP contribution in [0.25, 0.3) is 0 Å². The zero-order valence-corrected chi connectivity index (χ0v) is 22.1. The van der Waals surface area contributed by atoms with Crippen LogP contribution in [0.3, 0.4) is 0 Å². The van der Waals surface area contributed by atoms with E-state index in [1.807, 2.05) is 4.90 Å². The molecule has 1 aliphatic rings. The highest BCUT2D eigenvalue weighted by molar-refractivity contribution is 6.30. The van der Waals surface area contributed by atoms with E-state index in [4.69, 9.17) is 21.4 Å². The van der Waals surface area contributed by atoms with Crippen LogP contribution in [0.5, 0.6) is 5.75 Å². The van der Waals surface area contributed by atoms with Gasteiger partial charge in [-0.3, -0.25) is 4.79 Å². The highest BCUT2D eigenvalue weighted by Gasteiger charge is 2.36. The monoisotopic (exact) mass is 542 g/mol. The van der Waals surface area contributed by atoms with Gasteiger partial charge in [-0.05, 0) is 62.9 Å². The molecule has 0 spiro atoms. The van der Waals surface area contributed by atoms with Gasteiger partial charge in [-0.15, -0.1) is 0 Å². The molecule has 1 aromatic heterocycles. The lowest BCUT2D eigenvalue weighted by Crippen LogP contribution is -2.53. The van der Waals surface area contributed by atoms with Crippen molar-refractivity contribution in [1.82, 2.24) is 14.9 Å². The van der Waals surface area contributed by atoms with Crippen molar-refractivity contribution in [3.8, 4) is 5.75 Å². The molecule has 1 aliphatic heterocycles. The maximum absolute atomic E-state index is 13.5. The fourth-order valence-electron chi connectivity index (χ4n) is 4.93. The first-order valence-electron chi connectivity index (χ1n) is 12.5. The number of anilines is 1. The molecule has 2 aromatic rings. The fraction of sp³-hybridized carbons (Fsp3) is 0.577. The number of hydrogen-bond acceptors (Lipinski definition) is 6. The normalized spacial score (nSPS) is 20.6. The molecule has 0 amide bonds. The number of alkyl halides is 3. The van der Waals surface area contributed by atoms with Crippen LogP contribution >= 0.6 is 11.6 Å². The maximum atomic E-state index is 13.5. The second kappa shape index (κ2) is 12.8. The molecule has 7 nitrogen and oxygen atoms in total. The van der Waals surface area contributed by atoms with Gasteiger partial charge in [0.25, 0.3) is 0 Å². The van der Waals surface area contributed by atoms with Gasteiger partial charge in [-0.2, -0.15) is 13.2 Å². The third-order valence-corrected chi connectivity index (χ3v) is 7.15. The van der Waals surface area contributed by atoms with Crippen molar-refractivity contribution in [2.45, 2.75) is 83.2 Å². The molecule has 1 fully saturated rings. The van der Waals surface area contributed by atoms with E-state index in [1.54, 1.807) is 6.07 Å². The molecule has 0 bridgehead atoms. The van der Waals surface area contributed by atoms with Crippen LogP contribution < -0.4 is 9.64 Å². The number of halogens is 4. The van der Waals surface area contributed by atoms with Crippen molar-refractivity contribution in [3.05, 3.63) is 46.7 Å². The van der Waals surface area contributed by atoms with E-state index in [1.165, 1.54) is 12.4 Å². The molecule has 11 heteroatoms. The highest BCUT2D eigenvalue weighted by Crippen LogP contribution is 2.35. The van der Waals surface area contributed by atoms with Crippen LogP contribution in [0.4, 0.5) is 19.1 Å². The standard InChI is InChI=1S/C26H34ClF3N4O3/c1-4-20-12-22(13-21(5-2)33(20)3)34(16-17-9-18(26(28,29)30)11-19(27)10-17)25-31-14-23(15-32-25)37-8-6-7-24(35)36/h9-11,14-15,20-22H,4-8,12-13,16H2,1-3H3,(H,35,36). The average molecular weight is 543 g/mol. The molecule has 0 saturated carbocycles. The summed E-state index contributed by atoms with van der Waals surface area (Å²) in [4.78, 5) is 24.0. The van der Waals surface area contributed by atoms with Crippen LogP contribution in [0.2, 0.25) is 5.02 Å². The smallest absolute Gasteiger partial charge is 0.416 e. The molecule has 0 radical (unpaired) electrons. The van der Waals surface area contributed by atoms with E-state index < -0.39 is 17.7 Å². The molecular weight excluding hydrogens is 509 g/mol. The number of aromatic nitrogens is 2. The molecule has 3 rings (SSSR count). The SMILES string of the molecule is CCC1CC(N(Cc2cc(Cl)cc(C(F)(F)F)c2)c2ncc(OCCCC(=O)O)cn2)CC(CC)N1C. The highest BCUT2D eigenvalue weighted by atomic mass is 35.5. The average Bonchev–Trinajstić information content (AvgIpc) is 2.85. The number of carboxylic acids is 1. The van der Waals surface area contributed by atoms with Gasteiger partial charge in [-0.1, -0.05) is 25.4 Å². The summed E-state index contributed by atoms with van der Waals surface area (Å²) in [6.45, 7) is 4.66. The Morgan fingerprint density at radius 3 is 2.32 bits per heavy atom. The van der Waals surface area contributed by atoms with Crippen LogP contribution in [-0.2, 0) is 17.5 Å². The number of hydrogen-bond donors (Lipinski definition) is 1. The van der Waals surface area contributed by atoms with Gasteiger partial charge in [0.05, 0.1) is 24.6 Å². The predicted octanol–water partition coefficient (Wildman–Crippen LogP) is 6.05. The third-order valence-electron chi connectivity index (χ3n) is 6.94. The Hall–Kier alpha value is -2.59. The Morgan fingerprint density at radius 1 is 1.16 bits per heavy atom. The third kappa shape index (κ3) is 7.95. The molecule has 2 unspecified atom stereocenters. The van der Waals surface area contributed by atoms with E-state index in [9.17, 15) is 18.0 Å². The minimum absolute atomic E-state index is 0.000412. The number of likely N-dealkylation sites (tertiary alicyclic amines) is 1. The maximum Gasteiger partial charge on any atom is 0.416 e. The zero-order valence-electron chi connectivity index (χ0n) is 21.3. The van der Waals surface area contributed by atoms with Crippen molar-refractivity contribution in [2.24, 2.45) is 0 Å². The second-order valence-electron chi connectivity index (χ2n) is 9.45. The summed E-state index contributed by atoms with van der Waals surface area (Å²) >= 11 is 6.07. The summed E-state index contributed by atoms with van der Waals surface area (Å²) < 4.78 is 46.0. The van der Waals surface area contributed by atoms with Crippen LogP contribution in [-0.4, -0.2) is 57.7 Å². The minimum atomic E-state index is -4.51. The first-order valence-corrected chi connectivity index (χ1v) is 12.9. The van der Waals surface area contributed by atoms with Gasteiger partial charge >= 0.3 is 12.1 Å². The van der Waals surface area contributed by atoms with Crippen molar-refractivity contribution >= 4 is 23.5 Å². The summed E-state index contributed by atoms with van der Waals surface area (Å²) in [6.07, 6.45) is 2.44. The lowest BCUT2D eigenvalue weighted by molar-refractivity contribution is -0.138. The van der Waals surface area contributed by atoms with Gasteiger partial charge in [-0.25, -0.2) is 9.97 Å². The molecule has 204 valence electrons. The van der Waals surface area contributed by atoms with Crippen molar-refractivity contribution in [1.29, 1.82) is 0 Å². The molecular formula is C26H34ClF3N4O3. The van der Waals surface area contributed by atoms with Gasteiger partial charge in [0.2, 0.25) is 5.95 Å². The van der Waals surface area contributed by atoms with Gasteiger partial charge < -0.3 is 19.6 Å². The number of aliphatic carboxylic acids is 1. The Kier molecular flexibility index (Phi) is 10.0. The van der Waals surface area contributed by atoms with Crippen LogP contribution in [0.1, 0.15) is 63.5 Å². The molecule has 2 heterocycles. The van der Waals surface area contributed by atoms with Gasteiger partial charge in [0, 0.05) is 36.1 Å². The van der Waals surface area contributed by atoms with E-state index in [2.05, 4.69) is 35.8 Å². The van der Waals surface area contributed by atoms with Crippen molar-refractivity contribution < 1.29 is 27.8 Å². The molecule has 1 aromatic carbocycles. The van der Waals surface area contributed by atoms with E-state index >= 15 is 0 Å². The quantitative estimate of drug-likeness (QED) is 0.346. The number of piperidine rings is 1. The summed E-state index contributed by atoms with van der Waals surface area (Å²) in [7, 11) is 2.13. The molecule has 2 atom stereocenters. The topological polar surface area (TPSA) is 78.8 Å². The van der Waals surface area contributed by atoms with Crippen LogP contribution in [0, 0.1) is 0 Å². The zero-order chi connectivity index (χ0) is 27.2. The van der Waals surface area contributed by atoms with Crippen molar-refractivity contribution in [2.75, 3.05) is 18.6 Å². The Labute approximate surface area is 220 Å². The summed E-state index contributed by atoms with van der Waals surface area (Å²) in [5.74, 6) is -0.0995. The first-order chi connectivity index (χ1) is 17.5. The summed E-state index contributed by atoms with van der Waals surface area (Å²) in [6, 6.07) is 4.27. The van der Waals surface area contributed by atoms with Crippen LogP contribution in [0.15, 0.2) is 30.6 Å². The molecule has 1 saturated heterocycles. The van der Waals surface area contributed by atoms with Gasteiger partial charge in [0.15, 0.2) is 5.75 Å². The second-order valence-corrected chi connectivity index (χ2v) is 9.89. The van der Waals surface area contributed by atoms with E-state index in [-0.39, 0.29) is 30.6 Å². The summed E-state index contributed by atoms with van der Waals surface area (Å²) in [5, 5.41) is 8.79. The van der Waals surface area contributed by atoms with E-state index in [0.717, 1.165) is 37.8 Å². The Balaban J connectivity index is 1.89. The van der Waals surface area contributed by atoms with E-state index in [0.29, 0.717) is 35.8 Å². The molecule has 1 N–H and O–H groups in total. The molecule has 37 heavy (non-hydrogen) atoms. The number of nitrogens with zero attached hydrogens (tertiary/aromatic N) is 4. The number of carbonyl (C=O) groups is 1. The Bertz CT molecular complexity index is 1020.